The van der Waals surface area contributed by atoms with Crippen LogP contribution in [0.3, 0.4) is 0 Å². The van der Waals surface area contributed by atoms with E-state index in [0.717, 1.165) is 0 Å². The number of nitrogens with zero attached hydrogens (tertiary/aromatic N) is 1. The molecule has 0 saturated carbocycles. The molecule has 0 spiro atoms. The number of carbonyl (C=O) groups is 1. The average molecular weight is 395 g/mol. The molecule has 1 heterocycles. The Balaban J connectivity index is 1.61. The number of para-hydroxylation sites is 2. The number of carbonyl (C=O) groups excluding carboxylic acids is 1. The average Bonchev–Trinajstić information content (AvgIpc) is 3.02. The van der Waals surface area contributed by atoms with E-state index in [1.807, 2.05) is 6.07 Å². The van der Waals surface area contributed by atoms with Gasteiger partial charge in [-0.1, -0.05) is 23.7 Å². The van der Waals surface area contributed by atoms with Gasteiger partial charge in [0.25, 0.3) is 0 Å². The van der Waals surface area contributed by atoms with E-state index in [2.05, 4.69) is 9.71 Å². The molecule has 0 saturated heterocycles. The quantitative estimate of drug-likeness (QED) is 0.645. The zero-order chi connectivity index (χ0) is 18.7. The van der Waals surface area contributed by atoms with E-state index in [1.54, 1.807) is 18.2 Å². The fraction of sp³-hybridized carbons (Fsp3) is 0.176. The highest BCUT2D eigenvalue weighted by molar-refractivity contribution is 7.89. The van der Waals surface area contributed by atoms with Gasteiger partial charge in [0, 0.05) is 5.02 Å². The summed E-state index contributed by atoms with van der Waals surface area (Å²) in [6, 6.07) is 11.6. The van der Waals surface area contributed by atoms with Crippen LogP contribution in [0.15, 0.2) is 57.8 Å². The number of halogens is 1. The molecule has 1 aromatic heterocycles. The first-order chi connectivity index (χ1) is 12.3. The molecule has 0 radical (unpaired) electrons. The number of aromatic nitrogens is 1. The van der Waals surface area contributed by atoms with Gasteiger partial charge in [-0.3, -0.25) is 4.79 Å². The number of sulfonamides is 1. The molecule has 0 aliphatic heterocycles. The lowest BCUT2D eigenvalue weighted by atomic mass is 10.3. The van der Waals surface area contributed by atoms with Crippen molar-refractivity contribution in [2.75, 3.05) is 0 Å². The van der Waals surface area contributed by atoms with Crippen LogP contribution in [0, 0.1) is 0 Å². The number of esters is 1. The molecule has 1 N–H and O–H groups in total. The van der Waals surface area contributed by atoms with Crippen LogP contribution in [-0.2, 0) is 26.2 Å². The minimum absolute atomic E-state index is 0.000464. The van der Waals surface area contributed by atoms with E-state index in [1.165, 1.54) is 31.2 Å². The molecule has 3 rings (SSSR count). The first-order valence-corrected chi connectivity index (χ1v) is 9.50. The van der Waals surface area contributed by atoms with Gasteiger partial charge in [0.05, 0.1) is 4.90 Å². The van der Waals surface area contributed by atoms with Crippen LogP contribution in [0.25, 0.3) is 11.1 Å². The maximum absolute atomic E-state index is 12.3. The van der Waals surface area contributed by atoms with Crippen molar-refractivity contribution in [1.29, 1.82) is 0 Å². The number of nitrogens with one attached hydrogen (secondary N) is 1. The summed E-state index contributed by atoms with van der Waals surface area (Å²) >= 11 is 5.74. The lowest BCUT2D eigenvalue weighted by Crippen LogP contribution is -2.39. The molecule has 0 fully saturated rings. The summed E-state index contributed by atoms with van der Waals surface area (Å²) in [5.74, 6) is -0.517. The molecule has 2 aromatic carbocycles. The van der Waals surface area contributed by atoms with Crippen LogP contribution in [0.2, 0.25) is 5.02 Å². The predicted molar refractivity (Wildman–Crippen MR) is 95.0 cm³/mol. The van der Waals surface area contributed by atoms with Crippen molar-refractivity contribution in [2.24, 2.45) is 0 Å². The van der Waals surface area contributed by atoms with Gasteiger partial charge < -0.3 is 9.15 Å². The van der Waals surface area contributed by atoms with Crippen molar-refractivity contribution in [3.63, 3.8) is 0 Å². The van der Waals surface area contributed by atoms with Crippen LogP contribution in [0.1, 0.15) is 12.8 Å². The van der Waals surface area contributed by atoms with Crippen LogP contribution >= 0.6 is 11.6 Å². The van der Waals surface area contributed by atoms with Crippen LogP contribution in [-0.4, -0.2) is 25.4 Å². The summed E-state index contributed by atoms with van der Waals surface area (Å²) in [6.45, 7) is 1.20. The summed E-state index contributed by atoms with van der Waals surface area (Å²) in [5.41, 5.74) is 1.23. The highest BCUT2D eigenvalue weighted by Crippen LogP contribution is 2.16. The Kier molecular flexibility index (Phi) is 5.26. The van der Waals surface area contributed by atoms with Gasteiger partial charge in [-0.15, -0.1) is 0 Å². The maximum Gasteiger partial charge on any atom is 0.324 e. The highest BCUT2D eigenvalue weighted by Gasteiger charge is 2.23. The standard InChI is InChI=1S/C17H15ClN2O5S/c1-11(20-26(22,23)13-8-6-12(18)7-9-13)17(21)24-10-16-19-14-4-2-3-5-15(14)25-16/h2-9,11,20H,10H2,1H3. The van der Waals surface area contributed by atoms with E-state index < -0.39 is 22.0 Å². The number of benzene rings is 2. The monoisotopic (exact) mass is 394 g/mol. The molecule has 0 aliphatic carbocycles. The van der Waals surface area contributed by atoms with Gasteiger partial charge >= 0.3 is 5.97 Å². The molecule has 136 valence electrons. The first-order valence-electron chi connectivity index (χ1n) is 7.64. The second-order valence-electron chi connectivity index (χ2n) is 5.48. The Morgan fingerprint density at radius 1 is 1.23 bits per heavy atom. The molecule has 7 nitrogen and oxygen atoms in total. The minimum Gasteiger partial charge on any atom is -0.454 e. The van der Waals surface area contributed by atoms with Crippen LogP contribution < -0.4 is 4.72 Å². The molecule has 26 heavy (non-hydrogen) atoms. The van der Waals surface area contributed by atoms with Crippen molar-refractivity contribution in [3.05, 3.63) is 59.4 Å². The number of hydrogen-bond acceptors (Lipinski definition) is 6. The molecular weight excluding hydrogens is 380 g/mol. The van der Waals surface area contributed by atoms with Gasteiger partial charge in [-0.05, 0) is 43.3 Å². The third-order valence-electron chi connectivity index (χ3n) is 3.49. The maximum atomic E-state index is 12.3. The Bertz CT molecular complexity index is 998. The summed E-state index contributed by atoms with van der Waals surface area (Å²) < 4.78 is 37.3. The fourth-order valence-corrected chi connectivity index (χ4v) is 3.52. The van der Waals surface area contributed by atoms with E-state index in [9.17, 15) is 13.2 Å². The van der Waals surface area contributed by atoms with Crippen LogP contribution in [0.4, 0.5) is 0 Å². The molecule has 9 heteroatoms. The number of oxazole rings is 1. The number of rotatable bonds is 6. The molecule has 0 amide bonds. The SMILES string of the molecule is CC(NS(=O)(=O)c1ccc(Cl)cc1)C(=O)OCc1nc2ccccc2o1. The van der Waals surface area contributed by atoms with E-state index >= 15 is 0 Å². The Morgan fingerprint density at radius 2 is 1.92 bits per heavy atom. The third-order valence-corrected chi connectivity index (χ3v) is 5.29. The third kappa shape index (κ3) is 4.21. The molecule has 0 bridgehead atoms. The minimum atomic E-state index is -3.87. The van der Waals surface area contributed by atoms with Gasteiger partial charge in [0.15, 0.2) is 12.2 Å². The molecular formula is C17H15ClN2O5S. The van der Waals surface area contributed by atoms with E-state index in [-0.39, 0.29) is 17.4 Å². The second-order valence-corrected chi connectivity index (χ2v) is 7.63. The molecule has 0 aliphatic rings. The smallest absolute Gasteiger partial charge is 0.324 e. The van der Waals surface area contributed by atoms with Crippen molar-refractivity contribution in [1.82, 2.24) is 9.71 Å². The van der Waals surface area contributed by atoms with Crippen molar-refractivity contribution < 1.29 is 22.4 Å². The first kappa shape index (κ1) is 18.4. The molecule has 1 atom stereocenters. The Hall–Kier alpha value is -2.42. The summed E-state index contributed by atoms with van der Waals surface area (Å²) in [4.78, 5) is 16.2. The highest BCUT2D eigenvalue weighted by atomic mass is 35.5. The van der Waals surface area contributed by atoms with Gasteiger partial charge in [-0.25, -0.2) is 13.4 Å². The summed E-state index contributed by atoms with van der Waals surface area (Å²) in [7, 11) is -3.87. The zero-order valence-electron chi connectivity index (χ0n) is 13.7. The van der Waals surface area contributed by atoms with Gasteiger partial charge in [0.1, 0.15) is 11.6 Å². The van der Waals surface area contributed by atoms with Crippen molar-refractivity contribution in [2.45, 2.75) is 24.5 Å². The largest absolute Gasteiger partial charge is 0.454 e. The van der Waals surface area contributed by atoms with E-state index in [4.69, 9.17) is 20.8 Å². The van der Waals surface area contributed by atoms with Gasteiger partial charge in [0.2, 0.25) is 15.9 Å². The predicted octanol–water partition coefficient (Wildman–Crippen LogP) is 2.89. The molecule has 3 aromatic rings. The Morgan fingerprint density at radius 3 is 2.62 bits per heavy atom. The van der Waals surface area contributed by atoms with Crippen molar-refractivity contribution in [3.8, 4) is 0 Å². The number of hydrogen-bond donors (Lipinski definition) is 1. The zero-order valence-corrected chi connectivity index (χ0v) is 15.3. The fourth-order valence-electron chi connectivity index (χ4n) is 2.20. The second kappa shape index (κ2) is 7.45. The summed E-state index contributed by atoms with van der Waals surface area (Å²) in [6.07, 6.45) is 0. The lowest BCUT2D eigenvalue weighted by molar-refractivity contribution is -0.147. The normalized spacial score (nSPS) is 12.8. The Labute approximate surface area is 155 Å². The molecule has 1 unspecified atom stereocenters. The number of ether oxygens (including phenoxy) is 1. The topological polar surface area (TPSA) is 98.5 Å². The number of fused-ring (bicyclic) bond motifs is 1. The van der Waals surface area contributed by atoms with E-state index in [0.29, 0.717) is 16.1 Å². The van der Waals surface area contributed by atoms with Gasteiger partial charge in [-0.2, -0.15) is 4.72 Å². The summed E-state index contributed by atoms with van der Waals surface area (Å²) in [5, 5.41) is 0.412. The lowest BCUT2D eigenvalue weighted by Gasteiger charge is -2.13. The van der Waals surface area contributed by atoms with Crippen molar-refractivity contribution >= 4 is 38.7 Å². The van der Waals surface area contributed by atoms with Crippen LogP contribution in [0.5, 0.6) is 0 Å².